The Balaban J connectivity index is 2.22. The third-order valence-corrected chi connectivity index (χ3v) is 4.56. The molecule has 2 aromatic heterocycles. The fourth-order valence-electron chi connectivity index (χ4n) is 3.09. The minimum Gasteiger partial charge on any atom is -0.268 e. The lowest BCUT2D eigenvalue weighted by atomic mass is 10.1. The van der Waals surface area contributed by atoms with Gasteiger partial charge in [-0.2, -0.15) is 0 Å². The second kappa shape index (κ2) is 5.30. The van der Waals surface area contributed by atoms with Gasteiger partial charge < -0.3 is 0 Å². The number of hydrogen-bond acceptors (Lipinski definition) is 3. The van der Waals surface area contributed by atoms with Crippen molar-refractivity contribution < 1.29 is 0 Å². The molecule has 0 bridgehead atoms. The summed E-state index contributed by atoms with van der Waals surface area (Å²) >= 11 is 0. The van der Waals surface area contributed by atoms with Gasteiger partial charge in [0.1, 0.15) is 5.82 Å². The van der Waals surface area contributed by atoms with E-state index < -0.39 is 0 Å². The lowest BCUT2D eigenvalue weighted by Gasteiger charge is -2.12. The summed E-state index contributed by atoms with van der Waals surface area (Å²) in [7, 11) is 0. The van der Waals surface area contributed by atoms with E-state index in [0.717, 1.165) is 29.0 Å². The van der Waals surface area contributed by atoms with Crippen LogP contribution in [-0.2, 0) is 6.42 Å². The molecule has 5 heteroatoms. The highest BCUT2D eigenvalue weighted by molar-refractivity contribution is 5.81. The highest BCUT2D eigenvalue weighted by atomic mass is 16.1. The van der Waals surface area contributed by atoms with Gasteiger partial charge in [-0.05, 0) is 49.2 Å². The van der Waals surface area contributed by atoms with E-state index in [2.05, 4.69) is 17.1 Å². The molecule has 2 aromatic carbocycles. The average molecular weight is 318 g/mol. The predicted molar refractivity (Wildman–Crippen MR) is 94.9 cm³/mol. The maximum atomic E-state index is 13.1. The van der Waals surface area contributed by atoms with Crippen LogP contribution >= 0.6 is 0 Å². The molecular formula is C19H18N4O. The van der Waals surface area contributed by atoms with Gasteiger partial charge in [-0.1, -0.05) is 25.1 Å². The van der Waals surface area contributed by atoms with Crippen LogP contribution in [0.3, 0.4) is 0 Å². The molecule has 0 aliphatic rings. The molecule has 0 spiro atoms. The molecular weight excluding hydrogens is 300 g/mol. The van der Waals surface area contributed by atoms with E-state index in [0.29, 0.717) is 11.2 Å². The van der Waals surface area contributed by atoms with Crippen LogP contribution in [0, 0.1) is 13.8 Å². The van der Waals surface area contributed by atoms with Crippen molar-refractivity contribution in [3.8, 4) is 5.69 Å². The van der Waals surface area contributed by atoms with Gasteiger partial charge in [0.15, 0.2) is 0 Å². The number of hydrogen-bond donors (Lipinski definition) is 0. The zero-order chi connectivity index (χ0) is 16.8. The second-order valence-electron chi connectivity index (χ2n) is 6.03. The first kappa shape index (κ1) is 14.6. The summed E-state index contributed by atoms with van der Waals surface area (Å²) in [5.41, 5.74) is 3.92. The monoisotopic (exact) mass is 318 g/mol. The number of benzene rings is 2. The van der Waals surface area contributed by atoms with Gasteiger partial charge in [-0.15, -0.1) is 10.2 Å². The number of nitrogens with zero attached hydrogens (tertiary/aromatic N) is 4. The molecule has 0 aliphatic carbocycles. The first-order valence-electron chi connectivity index (χ1n) is 8.07. The van der Waals surface area contributed by atoms with Gasteiger partial charge in [0.2, 0.25) is 5.78 Å². The molecule has 4 aromatic rings. The van der Waals surface area contributed by atoms with Crippen molar-refractivity contribution in [1.29, 1.82) is 0 Å². The molecule has 5 nitrogen and oxygen atoms in total. The van der Waals surface area contributed by atoms with E-state index in [1.54, 1.807) is 4.57 Å². The first-order chi connectivity index (χ1) is 11.6. The highest BCUT2D eigenvalue weighted by Gasteiger charge is 2.16. The van der Waals surface area contributed by atoms with Crippen molar-refractivity contribution in [3.63, 3.8) is 0 Å². The summed E-state index contributed by atoms with van der Waals surface area (Å²) in [5.74, 6) is 1.40. The van der Waals surface area contributed by atoms with Gasteiger partial charge in [0.25, 0.3) is 5.56 Å². The summed E-state index contributed by atoms with van der Waals surface area (Å²) in [6.45, 7) is 6.14. The predicted octanol–water partition coefficient (Wildman–Crippen LogP) is 3.21. The van der Waals surface area contributed by atoms with E-state index >= 15 is 0 Å². The lowest BCUT2D eigenvalue weighted by Crippen LogP contribution is -2.22. The van der Waals surface area contributed by atoms with Crippen LogP contribution in [0.4, 0.5) is 0 Å². The van der Waals surface area contributed by atoms with Gasteiger partial charge in [-0.25, -0.2) is 4.57 Å². The fourth-order valence-corrected chi connectivity index (χ4v) is 3.09. The number of para-hydroxylation sites is 1. The normalized spacial score (nSPS) is 11.5. The zero-order valence-corrected chi connectivity index (χ0v) is 13.9. The van der Waals surface area contributed by atoms with Gasteiger partial charge in [0, 0.05) is 6.42 Å². The molecule has 0 fully saturated rings. The van der Waals surface area contributed by atoms with Crippen LogP contribution in [0.25, 0.3) is 22.4 Å². The average Bonchev–Trinajstić information content (AvgIpc) is 3.02. The standard InChI is InChI=1S/C19H18N4O/c1-4-17-20-21-19-22(14-10-9-12(2)13(3)11-14)18(24)15-7-5-6-8-16(15)23(17)19/h5-11H,4H2,1-3H3. The smallest absolute Gasteiger partial charge is 0.267 e. The maximum absolute atomic E-state index is 13.1. The number of aromatic nitrogens is 4. The molecule has 0 unspecified atom stereocenters. The summed E-state index contributed by atoms with van der Waals surface area (Å²) in [6.07, 6.45) is 0.746. The number of fused-ring (bicyclic) bond motifs is 3. The Labute approximate surface area is 139 Å². The molecule has 0 saturated heterocycles. The van der Waals surface area contributed by atoms with Gasteiger partial charge in [0.05, 0.1) is 16.6 Å². The Bertz CT molecular complexity index is 1140. The summed E-state index contributed by atoms with van der Waals surface area (Å²) < 4.78 is 3.63. The minimum atomic E-state index is -0.0728. The highest BCUT2D eigenvalue weighted by Crippen LogP contribution is 2.19. The van der Waals surface area contributed by atoms with E-state index in [-0.39, 0.29) is 5.56 Å². The molecule has 120 valence electrons. The van der Waals surface area contributed by atoms with Crippen LogP contribution in [0.2, 0.25) is 0 Å². The Kier molecular flexibility index (Phi) is 3.23. The van der Waals surface area contributed by atoms with Crippen molar-refractivity contribution in [3.05, 3.63) is 69.8 Å². The Morgan fingerprint density at radius 3 is 2.54 bits per heavy atom. The lowest BCUT2D eigenvalue weighted by molar-refractivity contribution is 0.916. The summed E-state index contributed by atoms with van der Waals surface area (Å²) in [5, 5.41) is 9.25. The molecule has 0 aliphatic heterocycles. The topological polar surface area (TPSA) is 52.2 Å². The third kappa shape index (κ3) is 1.98. The summed E-state index contributed by atoms with van der Waals surface area (Å²) in [6, 6.07) is 13.6. The Morgan fingerprint density at radius 2 is 1.79 bits per heavy atom. The SMILES string of the molecule is CCc1nnc2n(-c3ccc(C)c(C)c3)c(=O)c3ccccc3n12. The van der Waals surface area contributed by atoms with Crippen LogP contribution in [0.5, 0.6) is 0 Å². The number of aryl methyl sites for hydroxylation is 3. The third-order valence-electron chi connectivity index (χ3n) is 4.56. The molecule has 0 saturated carbocycles. The molecule has 4 rings (SSSR count). The van der Waals surface area contributed by atoms with Crippen molar-refractivity contribution in [1.82, 2.24) is 19.2 Å². The molecule has 0 amide bonds. The molecule has 2 heterocycles. The largest absolute Gasteiger partial charge is 0.268 e. The molecule has 0 atom stereocenters. The van der Waals surface area contributed by atoms with Crippen LogP contribution in [0.15, 0.2) is 47.3 Å². The van der Waals surface area contributed by atoms with Crippen LogP contribution in [-0.4, -0.2) is 19.2 Å². The van der Waals surface area contributed by atoms with E-state index in [9.17, 15) is 4.79 Å². The maximum Gasteiger partial charge on any atom is 0.267 e. The first-order valence-corrected chi connectivity index (χ1v) is 8.07. The van der Waals surface area contributed by atoms with Crippen LogP contribution < -0.4 is 5.56 Å². The minimum absolute atomic E-state index is 0.0728. The van der Waals surface area contributed by atoms with Crippen molar-refractivity contribution in [2.45, 2.75) is 27.2 Å². The molecule has 24 heavy (non-hydrogen) atoms. The second-order valence-corrected chi connectivity index (χ2v) is 6.03. The quantitative estimate of drug-likeness (QED) is 0.570. The van der Waals surface area contributed by atoms with E-state index in [1.807, 2.05) is 60.7 Å². The van der Waals surface area contributed by atoms with Crippen LogP contribution in [0.1, 0.15) is 23.9 Å². The van der Waals surface area contributed by atoms with Crippen molar-refractivity contribution in [2.24, 2.45) is 0 Å². The van der Waals surface area contributed by atoms with Gasteiger partial charge in [-0.3, -0.25) is 9.20 Å². The van der Waals surface area contributed by atoms with Gasteiger partial charge >= 0.3 is 0 Å². The van der Waals surface area contributed by atoms with Crippen molar-refractivity contribution >= 4 is 16.7 Å². The van der Waals surface area contributed by atoms with E-state index in [1.165, 1.54) is 5.56 Å². The van der Waals surface area contributed by atoms with Crippen molar-refractivity contribution in [2.75, 3.05) is 0 Å². The Morgan fingerprint density at radius 1 is 1.00 bits per heavy atom. The summed E-state index contributed by atoms with van der Waals surface area (Å²) in [4.78, 5) is 13.1. The zero-order valence-electron chi connectivity index (χ0n) is 13.9. The molecule has 0 radical (unpaired) electrons. The van der Waals surface area contributed by atoms with E-state index in [4.69, 9.17) is 0 Å². The number of rotatable bonds is 2. The Hall–Kier alpha value is -2.95. The molecule has 0 N–H and O–H groups in total. The fraction of sp³-hybridized carbons (Fsp3) is 0.211.